The molecule has 0 unspecified atom stereocenters. The van der Waals surface area contributed by atoms with Crippen LogP contribution in [0.3, 0.4) is 0 Å². The number of ether oxygens (including phenoxy) is 1. The van der Waals surface area contributed by atoms with E-state index in [1.807, 2.05) is 50.2 Å². The number of aryl methyl sites for hydroxylation is 2. The summed E-state index contributed by atoms with van der Waals surface area (Å²) in [6.45, 7) is 4.03. The highest BCUT2D eigenvalue weighted by Crippen LogP contribution is 2.20. The number of nitrogens with one attached hydrogen (secondary N) is 1. The van der Waals surface area contributed by atoms with Gasteiger partial charge >= 0.3 is 0 Å². The van der Waals surface area contributed by atoms with Crippen LogP contribution < -0.4 is 10.1 Å². The molecule has 0 aliphatic carbocycles. The van der Waals surface area contributed by atoms with Crippen molar-refractivity contribution in [3.8, 4) is 5.75 Å². The summed E-state index contributed by atoms with van der Waals surface area (Å²) in [6.07, 6.45) is 0.303. The van der Waals surface area contributed by atoms with Crippen LogP contribution in [0.4, 0.5) is 5.69 Å². The average Bonchev–Trinajstić information content (AvgIpc) is 2.42. The van der Waals surface area contributed by atoms with E-state index in [0.29, 0.717) is 6.42 Å². The molecule has 3 heteroatoms. The van der Waals surface area contributed by atoms with E-state index in [2.05, 4.69) is 11.4 Å². The SMILES string of the molecule is COc1ccccc1CC(=O)Nc1ccc(C)cc1C. The van der Waals surface area contributed by atoms with E-state index in [4.69, 9.17) is 4.74 Å². The van der Waals surface area contributed by atoms with Gasteiger partial charge in [-0.1, -0.05) is 35.9 Å². The van der Waals surface area contributed by atoms with Crippen LogP contribution in [0.25, 0.3) is 0 Å². The number of hydrogen-bond donors (Lipinski definition) is 1. The molecule has 0 fully saturated rings. The van der Waals surface area contributed by atoms with Gasteiger partial charge in [0.05, 0.1) is 13.5 Å². The Labute approximate surface area is 119 Å². The summed E-state index contributed by atoms with van der Waals surface area (Å²) >= 11 is 0. The van der Waals surface area contributed by atoms with Gasteiger partial charge in [0, 0.05) is 11.3 Å². The van der Waals surface area contributed by atoms with E-state index in [-0.39, 0.29) is 5.91 Å². The molecule has 104 valence electrons. The third kappa shape index (κ3) is 3.38. The van der Waals surface area contributed by atoms with E-state index >= 15 is 0 Å². The molecule has 0 bridgehead atoms. The first-order chi connectivity index (χ1) is 9.60. The second-order valence-electron chi connectivity index (χ2n) is 4.86. The number of methoxy groups -OCH3 is 1. The molecule has 2 aromatic rings. The number of benzene rings is 2. The van der Waals surface area contributed by atoms with Crippen molar-refractivity contribution in [3.05, 3.63) is 59.2 Å². The molecule has 2 rings (SSSR count). The van der Waals surface area contributed by atoms with Gasteiger partial charge in [0.2, 0.25) is 5.91 Å². The monoisotopic (exact) mass is 269 g/mol. The Morgan fingerprint density at radius 1 is 1.15 bits per heavy atom. The van der Waals surface area contributed by atoms with Crippen molar-refractivity contribution < 1.29 is 9.53 Å². The lowest BCUT2D eigenvalue weighted by molar-refractivity contribution is -0.115. The Morgan fingerprint density at radius 3 is 2.60 bits per heavy atom. The number of carbonyl (C=O) groups is 1. The minimum atomic E-state index is -0.0403. The maximum Gasteiger partial charge on any atom is 0.228 e. The second-order valence-corrected chi connectivity index (χ2v) is 4.86. The fourth-order valence-electron chi connectivity index (χ4n) is 2.17. The zero-order chi connectivity index (χ0) is 14.5. The van der Waals surface area contributed by atoms with Gasteiger partial charge in [-0.2, -0.15) is 0 Å². The van der Waals surface area contributed by atoms with Crippen molar-refractivity contribution in [2.24, 2.45) is 0 Å². The molecule has 0 saturated carbocycles. The predicted molar refractivity (Wildman–Crippen MR) is 81.2 cm³/mol. The molecule has 0 atom stereocenters. The van der Waals surface area contributed by atoms with Crippen molar-refractivity contribution in [2.75, 3.05) is 12.4 Å². The Hall–Kier alpha value is -2.29. The quantitative estimate of drug-likeness (QED) is 0.922. The predicted octanol–water partition coefficient (Wildman–Crippen LogP) is 3.49. The zero-order valence-corrected chi connectivity index (χ0v) is 12.1. The summed E-state index contributed by atoms with van der Waals surface area (Å²) in [4.78, 5) is 12.1. The minimum absolute atomic E-state index is 0.0403. The Morgan fingerprint density at radius 2 is 1.90 bits per heavy atom. The number of amides is 1. The summed E-state index contributed by atoms with van der Waals surface area (Å²) in [5.74, 6) is 0.699. The molecule has 3 nitrogen and oxygen atoms in total. The van der Waals surface area contributed by atoms with Gasteiger partial charge < -0.3 is 10.1 Å². The molecule has 0 aliphatic rings. The highest BCUT2D eigenvalue weighted by atomic mass is 16.5. The third-order valence-electron chi connectivity index (χ3n) is 3.20. The van der Waals surface area contributed by atoms with Gasteiger partial charge in [-0.3, -0.25) is 4.79 Å². The van der Waals surface area contributed by atoms with E-state index in [1.165, 1.54) is 5.56 Å². The van der Waals surface area contributed by atoms with Crippen LogP contribution in [0.1, 0.15) is 16.7 Å². The molecule has 0 aliphatic heterocycles. The number of hydrogen-bond acceptors (Lipinski definition) is 2. The molecule has 1 N–H and O–H groups in total. The highest BCUT2D eigenvalue weighted by Gasteiger charge is 2.09. The fourth-order valence-corrected chi connectivity index (χ4v) is 2.17. The average molecular weight is 269 g/mol. The van der Waals surface area contributed by atoms with Crippen molar-refractivity contribution in [1.82, 2.24) is 0 Å². The standard InChI is InChI=1S/C17H19NO2/c1-12-8-9-15(13(2)10-12)18-17(19)11-14-6-4-5-7-16(14)20-3/h4-10H,11H2,1-3H3,(H,18,19). The molecule has 0 heterocycles. The Bertz CT molecular complexity index is 620. The largest absolute Gasteiger partial charge is 0.496 e. The molecule has 0 saturated heterocycles. The smallest absolute Gasteiger partial charge is 0.228 e. The zero-order valence-electron chi connectivity index (χ0n) is 12.1. The lowest BCUT2D eigenvalue weighted by atomic mass is 10.1. The van der Waals surface area contributed by atoms with Gasteiger partial charge in [0.1, 0.15) is 5.75 Å². The van der Waals surface area contributed by atoms with Gasteiger partial charge in [-0.15, -0.1) is 0 Å². The number of para-hydroxylation sites is 1. The van der Waals surface area contributed by atoms with Crippen LogP contribution in [-0.2, 0) is 11.2 Å². The summed E-state index contributed by atoms with van der Waals surface area (Å²) in [5, 5.41) is 2.94. The maximum absolute atomic E-state index is 12.1. The van der Waals surface area contributed by atoms with Crippen LogP contribution in [0.15, 0.2) is 42.5 Å². The van der Waals surface area contributed by atoms with Gasteiger partial charge in [0.25, 0.3) is 0 Å². The lowest BCUT2D eigenvalue weighted by Crippen LogP contribution is -2.15. The van der Waals surface area contributed by atoms with E-state index in [9.17, 15) is 4.79 Å². The summed E-state index contributed by atoms with van der Waals surface area (Å²) in [5.41, 5.74) is 4.00. The summed E-state index contributed by atoms with van der Waals surface area (Å²) in [7, 11) is 1.61. The lowest BCUT2D eigenvalue weighted by Gasteiger charge is -2.11. The minimum Gasteiger partial charge on any atom is -0.496 e. The van der Waals surface area contributed by atoms with Crippen molar-refractivity contribution in [3.63, 3.8) is 0 Å². The number of rotatable bonds is 4. The number of carbonyl (C=O) groups excluding carboxylic acids is 1. The summed E-state index contributed by atoms with van der Waals surface area (Å²) < 4.78 is 5.26. The molecule has 0 radical (unpaired) electrons. The molecular formula is C17H19NO2. The molecule has 2 aromatic carbocycles. The number of anilines is 1. The second kappa shape index (κ2) is 6.24. The van der Waals surface area contributed by atoms with Gasteiger partial charge in [-0.25, -0.2) is 0 Å². The molecule has 20 heavy (non-hydrogen) atoms. The van der Waals surface area contributed by atoms with Crippen LogP contribution in [0, 0.1) is 13.8 Å². The van der Waals surface area contributed by atoms with Crippen molar-refractivity contribution in [1.29, 1.82) is 0 Å². The van der Waals surface area contributed by atoms with E-state index in [0.717, 1.165) is 22.6 Å². The maximum atomic E-state index is 12.1. The molecule has 1 amide bonds. The van der Waals surface area contributed by atoms with Crippen LogP contribution in [0.5, 0.6) is 5.75 Å². The third-order valence-corrected chi connectivity index (χ3v) is 3.20. The van der Waals surface area contributed by atoms with Gasteiger partial charge in [0.15, 0.2) is 0 Å². The Balaban J connectivity index is 2.09. The fraction of sp³-hybridized carbons (Fsp3) is 0.235. The van der Waals surface area contributed by atoms with Crippen LogP contribution in [-0.4, -0.2) is 13.0 Å². The van der Waals surface area contributed by atoms with E-state index in [1.54, 1.807) is 7.11 Å². The van der Waals surface area contributed by atoms with Gasteiger partial charge in [-0.05, 0) is 31.5 Å². The first-order valence-corrected chi connectivity index (χ1v) is 6.59. The highest BCUT2D eigenvalue weighted by molar-refractivity contribution is 5.93. The molecular weight excluding hydrogens is 250 g/mol. The van der Waals surface area contributed by atoms with Crippen LogP contribution in [0.2, 0.25) is 0 Å². The summed E-state index contributed by atoms with van der Waals surface area (Å²) in [6, 6.07) is 13.5. The Kier molecular flexibility index (Phi) is 4.41. The topological polar surface area (TPSA) is 38.3 Å². The molecule has 0 aromatic heterocycles. The normalized spacial score (nSPS) is 10.2. The van der Waals surface area contributed by atoms with E-state index < -0.39 is 0 Å². The first kappa shape index (κ1) is 14.1. The van der Waals surface area contributed by atoms with Crippen LogP contribution >= 0.6 is 0 Å². The van der Waals surface area contributed by atoms with Crippen molar-refractivity contribution >= 4 is 11.6 Å². The molecule has 0 spiro atoms. The first-order valence-electron chi connectivity index (χ1n) is 6.59. The van der Waals surface area contributed by atoms with Crippen molar-refractivity contribution in [2.45, 2.75) is 20.3 Å².